The van der Waals surface area contributed by atoms with E-state index in [0.29, 0.717) is 18.9 Å². The fraction of sp³-hybridized carbons (Fsp3) is 0.800. The second kappa shape index (κ2) is 7.41. The molecule has 0 fully saturated rings. The average Bonchev–Trinajstić information content (AvgIpc) is 2.74. The molecule has 1 unspecified atom stereocenters. The molecule has 6 nitrogen and oxygen atoms in total. The molecule has 0 amide bonds. The second-order valence-electron chi connectivity index (χ2n) is 3.86. The number of aromatic nitrogens is 2. The van der Waals surface area contributed by atoms with Crippen molar-refractivity contribution in [2.24, 2.45) is 0 Å². The highest BCUT2D eigenvalue weighted by atomic mass is 19.4. The Kier molecular flexibility index (Phi) is 6.19. The van der Waals surface area contributed by atoms with Crippen LogP contribution in [0.25, 0.3) is 0 Å². The number of ether oxygens (including phenoxy) is 2. The number of likely N-dealkylation sites (N-methyl/N-ethyl adjacent to an activating group) is 1. The number of alkyl halides is 3. The third-order valence-corrected chi connectivity index (χ3v) is 2.20. The van der Waals surface area contributed by atoms with Crippen molar-refractivity contribution in [2.75, 3.05) is 27.4 Å². The monoisotopic (exact) mass is 283 g/mol. The largest absolute Gasteiger partial charge is 0.411 e. The van der Waals surface area contributed by atoms with Gasteiger partial charge in [-0.15, -0.1) is 0 Å². The molecule has 1 heterocycles. The maximum atomic E-state index is 11.9. The minimum Gasteiger partial charge on any atom is -0.383 e. The highest BCUT2D eigenvalue weighted by Crippen LogP contribution is 2.15. The van der Waals surface area contributed by atoms with Crippen molar-refractivity contribution in [1.82, 2.24) is 15.5 Å². The third-order valence-electron chi connectivity index (χ3n) is 2.20. The molecule has 9 heteroatoms. The summed E-state index contributed by atoms with van der Waals surface area (Å²) in [5.41, 5.74) is 0. The van der Waals surface area contributed by atoms with E-state index in [1.807, 2.05) is 0 Å². The van der Waals surface area contributed by atoms with Gasteiger partial charge in [0, 0.05) is 19.6 Å². The molecule has 19 heavy (non-hydrogen) atoms. The van der Waals surface area contributed by atoms with Crippen molar-refractivity contribution in [2.45, 2.75) is 25.2 Å². The van der Waals surface area contributed by atoms with Gasteiger partial charge in [0.1, 0.15) is 13.2 Å². The summed E-state index contributed by atoms with van der Waals surface area (Å²) in [5, 5.41) is 6.53. The van der Waals surface area contributed by atoms with Crippen molar-refractivity contribution >= 4 is 0 Å². The molecular formula is C10H16F3N3O3. The number of hydrogen-bond acceptors (Lipinski definition) is 6. The summed E-state index contributed by atoms with van der Waals surface area (Å²) < 4.78 is 49.9. The Hall–Kier alpha value is -1.19. The number of rotatable bonds is 8. The summed E-state index contributed by atoms with van der Waals surface area (Å²) in [4.78, 5) is 3.93. The molecule has 1 atom stereocenters. The predicted molar refractivity (Wildman–Crippen MR) is 58.4 cm³/mol. The van der Waals surface area contributed by atoms with Gasteiger partial charge in [-0.3, -0.25) is 0 Å². The van der Waals surface area contributed by atoms with Crippen LogP contribution in [0, 0.1) is 0 Å². The van der Waals surface area contributed by atoms with Gasteiger partial charge in [0.05, 0.1) is 6.61 Å². The standard InChI is InChI=1S/C10H16F3N3O3/c1-14-7(4-17-2)3-9-15-8(16-19-9)5-18-6-10(11,12)13/h7,14H,3-6H2,1-2H3. The fourth-order valence-electron chi connectivity index (χ4n) is 1.35. The van der Waals surface area contributed by atoms with Gasteiger partial charge in [0.25, 0.3) is 0 Å². The first-order chi connectivity index (χ1) is 8.94. The van der Waals surface area contributed by atoms with Crippen LogP contribution in [0.1, 0.15) is 11.7 Å². The first-order valence-corrected chi connectivity index (χ1v) is 5.56. The first-order valence-electron chi connectivity index (χ1n) is 5.56. The lowest BCUT2D eigenvalue weighted by atomic mass is 10.2. The van der Waals surface area contributed by atoms with Gasteiger partial charge in [-0.25, -0.2) is 0 Å². The van der Waals surface area contributed by atoms with Crippen LogP contribution in [0.2, 0.25) is 0 Å². The topological polar surface area (TPSA) is 69.4 Å². The van der Waals surface area contributed by atoms with Crippen LogP contribution in [0.5, 0.6) is 0 Å². The van der Waals surface area contributed by atoms with E-state index in [0.717, 1.165) is 0 Å². The lowest BCUT2D eigenvalue weighted by molar-refractivity contribution is -0.177. The van der Waals surface area contributed by atoms with Gasteiger partial charge < -0.3 is 19.3 Å². The number of hydrogen-bond donors (Lipinski definition) is 1. The summed E-state index contributed by atoms with van der Waals surface area (Å²) in [5.74, 6) is 0.411. The summed E-state index contributed by atoms with van der Waals surface area (Å²) in [6.45, 7) is -1.21. The highest BCUT2D eigenvalue weighted by molar-refractivity contribution is 4.88. The quantitative estimate of drug-likeness (QED) is 0.765. The van der Waals surface area contributed by atoms with Crippen molar-refractivity contribution in [1.29, 1.82) is 0 Å². The van der Waals surface area contributed by atoms with E-state index in [1.165, 1.54) is 0 Å². The summed E-state index contributed by atoms with van der Waals surface area (Å²) >= 11 is 0. The molecule has 0 spiro atoms. The molecule has 1 aromatic rings. The van der Waals surface area contributed by atoms with Crippen molar-refractivity contribution in [3.05, 3.63) is 11.7 Å². The summed E-state index contributed by atoms with van der Waals surface area (Å²) in [6.07, 6.45) is -3.93. The van der Waals surface area contributed by atoms with E-state index in [1.54, 1.807) is 14.2 Å². The summed E-state index contributed by atoms with van der Waals surface area (Å²) in [7, 11) is 3.32. The second-order valence-corrected chi connectivity index (χ2v) is 3.86. The first kappa shape index (κ1) is 15.9. The Labute approximate surface area is 108 Å². The Balaban J connectivity index is 2.39. The Morgan fingerprint density at radius 1 is 1.42 bits per heavy atom. The van der Waals surface area contributed by atoms with E-state index < -0.39 is 12.8 Å². The third kappa shape index (κ3) is 6.50. The van der Waals surface area contributed by atoms with Crippen molar-refractivity contribution in [3.8, 4) is 0 Å². The minimum absolute atomic E-state index is 0.00519. The van der Waals surface area contributed by atoms with Gasteiger partial charge in [-0.1, -0.05) is 5.16 Å². The number of halogens is 3. The van der Waals surface area contributed by atoms with Crippen molar-refractivity contribution in [3.63, 3.8) is 0 Å². The zero-order valence-electron chi connectivity index (χ0n) is 10.7. The minimum atomic E-state index is -4.36. The Morgan fingerprint density at radius 2 is 2.16 bits per heavy atom. The molecule has 1 N–H and O–H groups in total. The van der Waals surface area contributed by atoms with Crippen LogP contribution in [-0.2, 0) is 22.5 Å². The lowest BCUT2D eigenvalue weighted by Gasteiger charge is -2.11. The molecule has 0 radical (unpaired) electrons. The average molecular weight is 283 g/mol. The zero-order valence-corrected chi connectivity index (χ0v) is 10.7. The highest BCUT2D eigenvalue weighted by Gasteiger charge is 2.27. The van der Waals surface area contributed by atoms with Gasteiger partial charge in [0.2, 0.25) is 5.89 Å². The molecule has 1 aromatic heterocycles. The van der Waals surface area contributed by atoms with Gasteiger partial charge >= 0.3 is 6.18 Å². The van der Waals surface area contributed by atoms with E-state index in [2.05, 4.69) is 20.2 Å². The van der Waals surface area contributed by atoms with Crippen LogP contribution < -0.4 is 5.32 Å². The molecule has 0 aromatic carbocycles. The number of nitrogens with one attached hydrogen (secondary N) is 1. The molecule has 1 rings (SSSR count). The smallest absolute Gasteiger partial charge is 0.383 e. The fourth-order valence-corrected chi connectivity index (χ4v) is 1.35. The maximum Gasteiger partial charge on any atom is 0.411 e. The molecule has 0 bridgehead atoms. The molecule has 110 valence electrons. The summed E-state index contributed by atoms with van der Waals surface area (Å²) in [6, 6.07) is -0.00519. The van der Waals surface area contributed by atoms with E-state index >= 15 is 0 Å². The van der Waals surface area contributed by atoms with E-state index in [-0.39, 0.29) is 18.5 Å². The van der Waals surface area contributed by atoms with Gasteiger partial charge in [0.15, 0.2) is 5.82 Å². The van der Waals surface area contributed by atoms with E-state index in [9.17, 15) is 13.2 Å². The number of methoxy groups -OCH3 is 1. The van der Waals surface area contributed by atoms with E-state index in [4.69, 9.17) is 9.26 Å². The lowest BCUT2D eigenvalue weighted by Crippen LogP contribution is -2.32. The zero-order chi connectivity index (χ0) is 14.3. The van der Waals surface area contributed by atoms with Crippen LogP contribution in [0.15, 0.2) is 4.52 Å². The Morgan fingerprint density at radius 3 is 2.74 bits per heavy atom. The molecule has 0 aliphatic rings. The SMILES string of the molecule is CNC(COC)Cc1nc(COCC(F)(F)F)no1. The van der Waals surface area contributed by atoms with Gasteiger partial charge in [-0.05, 0) is 7.05 Å². The Bertz CT molecular complexity index is 370. The van der Waals surface area contributed by atoms with Crippen molar-refractivity contribution < 1.29 is 27.2 Å². The van der Waals surface area contributed by atoms with Crippen LogP contribution in [0.3, 0.4) is 0 Å². The molecule has 0 aliphatic carbocycles. The van der Waals surface area contributed by atoms with Crippen LogP contribution in [0.4, 0.5) is 13.2 Å². The van der Waals surface area contributed by atoms with Crippen LogP contribution >= 0.6 is 0 Å². The number of nitrogens with zero attached hydrogens (tertiary/aromatic N) is 2. The normalized spacial score (nSPS) is 13.7. The molecule has 0 saturated carbocycles. The predicted octanol–water partition coefficient (Wildman–Crippen LogP) is 0.925. The van der Waals surface area contributed by atoms with Gasteiger partial charge in [-0.2, -0.15) is 18.2 Å². The van der Waals surface area contributed by atoms with Crippen LogP contribution in [-0.4, -0.2) is 49.7 Å². The maximum absolute atomic E-state index is 11.9. The molecule has 0 saturated heterocycles. The molecular weight excluding hydrogens is 267 g/mol. The molecule has 0 aliphatic heterocycles.